The van der Waals surface area contributed by atoms with Crippen molar-refractivity contribution in [2.45, 2.75) is 12.0 Å². The van der Waals surface area contributed by atoms with Crippen molar-refractivity contribution in [3.63, 3.8) is 0 Å². The first-order chi connectivity index (χ1) is 9.13. The fourth-order valence-electron chi connectivity index (χ4n) is 2.00. The van der Waals surface area contributed by atoms with Crippen molar-refractivity contribution in [2.24, 2.45) is 5.73 Å². The lowest BCUT2D eigenvalue weighted by molar-refractivity contribution is 0.146. The molecule has 0 saturated heterocycles. The van der Waals surface area contributed by atoms with Crippen molar-refractivity contribution in [1.29, 1.82) is 0 Å². The Morgan fingerprint density at radius 1 is 1.37 bits per heavy atom. The van der Waals surface area contributed by atoms with Crippen LogP contribution in [0.2, 0.25) is 5.02 Å². The van der Waals surface area contributed by atoms with E-state index < -0.39 is 6.10 Å². The van der Waals surface area contributed by atoms with Gasteiger partial charge in [-0.15, -0.1) is 0 Å². The second kappa shape index (κ2) is 6.48. The summed E-state index contributed by atoms with van der Waals surface area (Å²) >= 11 is 9.41. The third-order valence-corrected chi connectivity index (χ3v) is 3.98. The Kier molecular flexibility index (Phi) is 4.93. The van der Waals surface area contributed by atoms with Crippen LogP contribution in [0.1, 0.15) is 23.1 Å². The summed E-state index contributed by atoms with van der Waals surface area (Å²) in [5.74, 6) is -0.219. The molecule has 5 heteroatoms. The van der Waals surface area contributed by atoms with Crippen LogP contribution < -0.4 is 5.73 Å². The minimum Gasteiger partial charge on any atom is -0.388 e. The van der Waals surface area contributed by atoms with Crippen molar-refractivity contribution >= 4 is 27.5 Å². The number of benzene rings is 1. The number of aliphatic hydroxyl groups excluding tert-OH is 1. The summed E-state index contributed by atoms with van der Waals surface area (Å²) < 4.78 is 0.812. The van der Waals surface area contributed by atoms with Gasteiger partial charge < -0.3 is 10.8 Å². The summed E-state index contributed by atoms with van der Waals surface area (Å²) in [6.45, 7) is 0.325. The van der Waals surface area contributed by atoms with Gasteiger partial charge >= 0.3 is 0 Å². The van der Waals surface area contributed by atoms with Gasteiger partial charge in [-0.3, -0.25) is 4.98 Å². The van der Waals surface area contributed by atoms with Crippen LogP contribution in [-0.2, 0) is 0 Å². The summed E-state index contributed by atoms with van der Waals surface area (Å²) in [6.07, 6.45) is 2.68. The molecule has 19 heavy (non-hydrogen) atoms. The Labute approximate surface area is 125 Å². The molecule has 1 aromatic heterocycles. The van der Waals surface area contributed by atoms with Gasteiger partial charge in [-0.2, -0.15) is 0 Å². The molecule has 0 aliphatic heterocycles. The molecule has 2 aromatic rings. The average molecular weight is 342 g/mol. The molecule has 100 valence electrons. The molecule has 0 bridgehead atoms. The van der Waals surface area contributed by atoms with E-state index in [9.17, 15) is 5.11 Å². The number of pyridine rings is 1. The van der Waals surface area contributed by atoms with Gasteiger partial charge in [0.15, 0.2) is 0 Å². The fraction of sp³-hybridized carbons (Fsp3) is 0.214. The zero-order chi connectivity index (χ0) is 13.8. The predicted molar refractivity (Wildman–Crippen MR) is 80.1 cm³/mol. The van der Waals surface area contributed by atoms with Crippen LogP contribution >= 0.6 is 27.5 Å². The lowest BCUT2D eigenvalue weighted by atomic mass is 9.90. The summed E-state index contributed by atoms with van der Waals surface area (Å²) in [5.41, 5.74) is 7.43. The minimum absolute atomic E-state index is 0.219. The lowest BCUT2D eigenvalue weighted by Gasteiger charge is -2.23. The van der Waals surface area contributed by atoms with Crippen molar-refractivity contribution in [1.82, 2.24) is 4.98 Å². The number of halogens is 2. The molecule has 2 rings (SSSR count). The van der Waals surface area contributed by atoms with Gasteiger partial charge in [0.2, 0.25) is 0 Å². The molecular weight excluding hydrogens is 328 g/mol. The van der Waals surface area contributed by atoms with Gasteiger partial charge in [-0.1, -0.05) is 33.6 Å². The van der Waals surface area contributed by atoms with E-state index in [2.05, 4.69) is 20.9 Å². The van der Waals surface area contributed by atoms with Gasteiger partial charge in [0.1, 0.15) is 0 Å². The van der Waals surface area contributed by atoms with E-state index in [4.69, 9.17) is 17.3 Å². The van der Waals surface area contributed by atoms with Crippen LogP contribution in [-0.4, -0.2) is 16.6 Å². The SMILES string of the molecule is NCC(c1cccnc1)C(O)c1cc(Cl)ccc1Br. The fourth-order valence-corrected chi connectivity index (χ4v) is 2.66. The Morgan fingerprint density at radius 2 is 2.16 bits per heavy atom. The van der Waals surface area contributed by atoms with Gasteiger partial charge in [0.05, 0.1) is 6.10 Å². The van der Waals surface area contributed by atoms with Crippen LogP contribution in [0.15, 0.2) is 47.2 Å². The van der Waals surface area contributed by atoms with Crippen LogP contribution in [0, 0.1) is 0 Å². The van der Waals surface area contributed by atoms with Crippen LogP contribution in [0.3, 0.4) is 0 Å². The molecule has 0 aliphatic carbocycles. The lowest BCUT2D eigenvalue weighted by Crippen LogP contribution is -2.20. The largest absolute Gasteiger partial charge is 0.388 e. The molecule has 0 amide bonds. The second-order valence-electron chi connectivity index (χ2n) is 4.24. The summed E-state index contributed by atoms with van der Waals surface area (Å²) in [7, 11) is 0. The highest BCUT2D eigenvalue weighted by Gasteiger charge is 2.23. The van der Waals surface area contributed by atoms with Crippen LogP contribution in [0.25, 0.3) is 0 Å². The highest BCUT2D eigenvalue weighted by molar-refractivity contribution is 9.10. The number of hydrogen-bond acceptors (Lipinski definition) is 3. The molecule has 0 aliphatic rings. The molecule has 0 spiro atoms. The van der Waals surface area contributed by atoms with E-state index in [1.54, 1.807) is 24.5 Å². The Hall–Kier alpha value is -0.940. The van der Waals surface area contributed by atoms with Crippen molar-refractivity contribution in [3.8, 4) is 0 Å². The van der Waals surface area contributed by atoms with E-state index in [1.165, 1.54) is 0 Å². The van der Waals surface area contributed by atoms with Crippen LogP contribution in [0.4, 0.5) is 0 Å². The average Bonchev–Trinajstić information content (AvgIpc) is 2.43. The molecule has 1 heterocycles. The van der Waals surface area contributed by atoms with Crippen molar-refractivity contribution in [2.75, 3.05) is 6.54 Å². The van der Waals surface area contributed by atoms with Gasteiger partial charge in [0, 0.05) is 34.4 Å². The molecule has 2 atom stereocenters. The minimum atomic E-state index is -0.734. The number of nitrogens with zero attached hydrogens (tertiary/aromatic N) is 1. The van der Waals surface area contributed by atoms with E-state index in [0.717, 1.165) is 15.6 Å². The number of aliphatic hydroxyl groups is 1. The van der Waals surface area contributed by atoms with Crippen molar-refractivity contribution in [3.05, 3.63) is 63.3 Å². The molecule has 0 radical (unpaired) electrons. The summed E-state index contributed by atoms with van der Waals surface area (Å²) in [6, 6.07) is 9.07. The van der Waals surface area contributed by atoms with Gasteiger partial charge in [-0.25, -0.2) is 0 Å². The molecular formula is C14H14BrClN2O. The van der Waals surface area contributed by atoms with E-state index >= 15 is 0 Å². The number of aromatic nitrogens is 1. The molecule has 1 aromatic carbocycles. The Morgan fingerprint density at radius 3 is 2.79 bits per heavy atom. The first-order valence-corrected chi connectivity index (χ1v) is 7.03. The maximum absolute atomic E-state index is 10.5. The first-order valence-electron chi connectivity index (χ1n) is 5.86. The normalized spacial score (nSPS) is 14.1. The second-order valence-corrected chi connectivity index (χ2v) is 5.53. The zero-order valence-corrected chi connectivity index (χ0v) is 12.5. The number of hydrogen-bond donors (Lipinski definition) is 2. The quantitative estimate of drug-likeness (QED) is 0.897. The molecule has 3 nitrogen and oxygen atoms in total. The van der Waals surface area contributed by atoms with Gasteiger partial charge in [0.25, 0.3) is 0 Å². The molecule has 0 saturated carbocycles. The van der Waals surface area contributed by atoms with E-state index in [-0.39, 0.29) is 5.92 Å². The molecule has 3 N–H and O–H groups in total. The van der Waals surface area contributed by atoms with Crippen molar-refractivity contribution < 1.29 is 5.11 Å². The number of rotatable bonds is 4. The van der Waals surface area contributed by atoms with Crippen LogP contribution in [0.5, 0.6) is 0 Å². The number of nitrogens with two attached hydrogens (primary N) is 1. The Bertz CT molecular complexity index is 550. The highest BCUT2D eigenvalue weighted by atomic mass is 79.9. The van der Waals surface area contributed by atoms with Gasteiger partial charge in [-0.05, 0) is 35.4 Å². The summed E-state index contributed by atoms with van der Waals surface area (Å²) in [5, 5.41) is 11.1. The summed E-state index contributed by atoms with van der Waals surface area (Å²) in [4.78, 5) is 4.07. The molecule has 0 fully saturated rings. The maximum atomic E-state index is 10.5. The van der Waals surface area contributed by atoms with E-state index in [0.29, 0.717) is 11.6 Å². The topological polar surface area (TPSA) is 59.1 Å². The standard InChI is InChI=1S/C14H14BrClN2O/c15-13-4-3-10(16)6-11(13)14(19)12(7-17)9-2-1-5-18-8-9/h1-6,8,12,14,19H,7,17H2. The first kappa shape index (κ1) is 14.5. The monoisotopic (exact) mass is 340 g/mol. The third kappa shape index (κ3) is 3.34. The predicted octanol–water partition coefficient (Wildman–Crippen LogP) is 3.27. The highest BCUT2D eigenvalue weighted by Crippen LogP contribution is 2.35. The molecule has 2 unspecified atom stereocenters. The Balaban J connectivity index is 2.36. The van der Waals surface area contributed by atoms with E-state index in [1.807, 2.05) is 18.2 Å². The smallest absolute Gasteiger partial charge is 0.0882 e. The maximum Gasteiger partial charge on any atom is 0.0882 e. The third-order valence-electron chi connectivity index (χ3n) is 3.02. The zero-order valence-electron chi connectivity index (χ0n) is 10.1.